The topological polar surface area (TPSA) is 58.3 Å². The summed E-state index contributed by atoms with van der Waals surface area (Å²) in [6.07, 6.45) is 3.70. The van der Waals surface area contributed by atoms with Crippen LogP contribution in [-0.4, -0.2) is 43.6 Å². The van der Waals surface area contributed by atoms with Crippen LogP contribution in [0.15, 0.2) is 67.0 Å². The molecule has 7 heteroatoms. The number of hydrogen-bond donors (Lipinski definition) is 1. The zero-order chi connectivity index (χ0) is 20.3. The molecule has 1 N–H and O–H groups in total. The van der Waals surface area contributed by atoms with E-state index in [0.717, 1.165) is 54.6 Å². The molecule has 4 aromatic rings. The van der Waals surface area contributed by atoms with Crippen LogP contribution in [0, 0.1) is 0 Å². The Bertz CT molecular complexity index is 1120. The Morgan fingerprint density at radius 3 is 2.53 bits per heavy atom. The number of piperidine rings is 1. The lowest BCUT2D eigenvalue weighted by molar-refractivity contribution is 0.211. The molecule has 2 aromatic heterocycles. The van der Waals surface area contributed by atoms with E-state index in [0.29, 0.717) is 11.8 Å². The number of likely N-dealkylation sites (tertiary alicyclic amines) is 1. The highest BCUT2D eigenvalue weighted by Crippen LogP contribution is 2.24. The van der Waals surface area contributed by atoms with E-state index in [9.17, 15) is 0 Å². The van der Waals surface area contributed by atoms with Gasteiger partial charge in [-0.15, -0.1) is 0 Å². The first-order valence-corrected chi connectivity index (χ1v) is 10.6. The van der Waals surface area contributed by atoms with E-state index < -0.39 is 0 Å². The lowest BCUT2D eigenvalue weighted by Crippen LogP contribution is -2.39. The molecule has 0 bridgehead atoms. The van der Waals surface area contributed by atoms with E-state index >= 15 is 0 Å². The third kappa shape index (κ3) is 4.15. The van der Waals surface area contributed by atoms with Gasteiger partial charge < -0.3 is 5.32 Å². The van der Waals surface area contributed by atoms with E-state index in [1.54, 1.807) is 10.8 Å². The highest BCUT2D eigenvalue weighted by atomic mass is 35.5. The second kappa shape index (κ2) is 8.42. The van der Waals surface area contributed by atoms with Gasteiger partial charge in [0.1, 0.15) is 12.1 Å². The minimum atomic E-state index is 0.393. The van der Waals surface area contributed by atoms with Gasteiger partial charge in [0, 0.05) is 42.3 Å². The monoisotopic (exact) mass is 418 g/mol. The van der Waals surface area contributed by atoms with E-state index in [1.807, 2.05) is 30.3 Å². The number of hydrogen-bond acceptors (Lipinski definition) is 5. The maximum atomic E-state index is 6.00. The number of benzene rings is 2. The van der Waals surface area contributed by atoms with Crippen LogP contribution in [0.25, 0.3) is 17.0 Å². The third-order valence-corrected chi connectivity index (χ3v) is 5.83. The van der Waals surface area contributed by atoms with Gasteiger partial charge in [-0.2, -0.15) is 14.6 Å². The minimum Gasteiger partial charge on any atom is -0.367 e. The van der Waals surface area contributed by atoms with Gasteiger partial charge in [-0.25, -0.2) is 4.98 Å². The average molecular weight is 419 g/mol. The number of nitrogens with one attached hydrogen (secondary N) is 1. The van der Waals surface area contributed by atoms with Gasteiger partial charge in [0.15, 0.2) is 0 Å². The predicted octanol–water partition coefficient (Wildman–Crippen LogP) is 4.52. The Morgan fingerprint density at radius 2 is 1.77 bits per heavy atom. The number of nitrogens with zero attached hydrogens (tertiary/aromatic N) is 5. The summed E-state index contributed by atoms with van der Waals surface area (Å²) in [6, 6.07) is 20.8. The Hall–Kier alpha value is -2.96. The molecule has 0 aliphatic carbocycles. The summed E-state index contributed by atoms with van der Waals surface area (Å²) >= 11 is 6.00. The first-order chi connectivity index (χ1) is 14.7. The fourth-order valence-corrected chi connectivity index (χ4v) is 4.09. The lowest BCUT2D eigenvalue weighted by Gasteiger charge is -2.32. The van der Waals surface area contributed by atoms with E-state index in [1.165, 1.54) is 5.56 Å². The van der Waals surface area contributed by atoms with Crippen molar-refractivity contribution in [3.8, 4) is 11.3 Å². The lowest BCUT2D eigenvalue weighted by atomic mass is 10.0. The molecule has 0 atom stereocenters. The second-order valence-electron chi connectivity index (χ2n) is 7.69. The molecular weight excluding hydrogens is 396 g/mol. The molecule has 1 saturated heterocycles. The van der Waals surface area contributed by atoms with Gasteiger partial charge in [-0.05, 0) is 30.5 Å². The molecule has 0 saturated carbocycles. The van der Waals surface area contributed by atoms with Crippen molar-refractivity contribution in [3.63, 3.8) is 0 Å². The Balaban J connectivity index is 1.28. The van der Waals surface area contributed by atoms with E-state index in [-0.39, 0.29) is 0 Å². The SMILES string of the molecule is Clc1ccc(CN2CCC(Nc3cc(-c4ccccc4)nc4ncnn34)CC2)cc1. The van der Waals surface area contributed by atoms with Crippen molar-refractivity contribution in [1.29, 1.82) is 0 Å². The fourth-order valence-electron chi connectivity index (χ4n) is 3.96. The highest BCUT2D eigenvalue weighted by Gasteiger charge is 2.21. The second-order valence-corrected chi connectivity index (χ2v) is 8.12. The molecule has 1 aliphatic rings. The summed E-state index contributed by atoms with van der Waals surface area (Å²) in [5.41, 5.74) is 3.28. The number of fused-ring (bicyclic) bond motifs is 1. The van der Waals surface area contributed by atoms with Crippen LogP contribution in [0.5, 0.6) is 0 Å². The van der Waals surface area contributed by atoms with Crippen molar-refractivity contribution in [2.75, 3.05) is 18.4 Å². The molecule has 1 fully saturated rings. The summed E-state index contributed by atoms with van der Waals surface area (Å²) < 4.78 is 1.78. The summed E-state index contributed by atoms with van der Waals surface area (Å²) in [5, 5.41) is 8.83. The van der Waals surface area contributed by atoms with Gasteiger partial charge in [-0.1, -0.05) is 54.1 Å². The Labute approximate surface area is 180 Å². The molecule has 152 valence electrons. The van der Waals surface area contributed by atoms with Gasteiger partial charge in [0.2, 0.25) is 0 Å². The Morgan fingerprint density at radius 1 is 1.00 bits per heavy atom. The van der Waals surface area contributed by atoms with Crippen LogP contribution in [0.4, 0.5) is 5.82 Å². The Kier molecular flexibility index (Phi) is 5.34. The minimum absolute atomic E-state index is 0.393. The highest BCUT2D eigenvalue weighted by molar-refractivity contribution is 6.30. The average Bonchev–Trinajstić information content (AvgIpc) is 3.26. The number of aromatic nitrogens is 4. The molecule has 0 spiro atoms. The molecule has 0 radical (unpaired) electrons. The molecule has 5 rings (SSSR count). The van der Waals surface area contributed by atoms with Crippen LogP contribution in [0.1, 0.15) is 18.4 Å². The molecule has 0 unspecified atom stereocenters. The number of halogens is 1. The van der Waals surface area contributed by atoms with Crippen LogP contribution in [0.2, 0.25) is 5.02 Å². The van der Waals surface area contributed by atoms with Crippen molar-refractivity contribution in [2.45, 2.75) is 25.4 Å². The van der Waals surface area contributed by atoms with Crippen molar-refractivity contribution in [3.05, 3.63) is 77.6 Å². The van der Waals surface area contributed by atoms with Crippen LogP contribution in [0.3, 0.4) is 0 Å². The summed E-state index contributed by atoms with van der Waals surface area (Å²) in [6.45, 7) is 3.07. The van der Waals surface area contributed by atoms with Gasteiger partial charge >= 0.3 is 0 Å². The molecule has 6 nitrogen and oxygen atoms in total. The molecular formula is C23H23ClN6. The fraction of sp³-hybridized carbons (Fsp3) is 0.261. The van der Waals surface area contributed by atoms with Crippen LogP contribution >= 0.6 is 11.6 Å². The summed E-state index contributed by atoms with van der Waals surface area (Å²) in [5.74, 6) is 1.55. The maximum Gasteiger partial charge on any atom is 0.254 e. The van der Waals surface area contributed by atoms with Crippen molar-refractivity contribution in [2.24, 2.45) is 0 Å². The first-order valence-electron chi connectivity index (χ1n) is 10.2. The summed E-state index contributed by atoms with van der Waals surface area (Å²) in [4.78, 5) is 11.5. The standard InChI is InChI=1S/C23H23ClN6/c24-19-8-6-17(7-9-19)15-29-12-10-20(11-13-29)27-22-14-21(18-4-2-1-3-5-18)28-23-25-16-26-30(22)23/h1-9,14,16,20,27H,10-13,15H2. The molecule has 3 heterocycles. The molecule has 2 aromatic carbocycles. The smallest absolute Gasteiger partial charge is 0.254 e. The first kappa shape index (κ1) is 19.0. The summed E-state index contributed by atoms with van der Waals surface area (Å²) in [7, 11) is 0. The van der Waals surface area contributed by atoms with Crippen LogP contribution < -0.4 is 5.32 Å². The largest absolute Gasteiger partial charge is 0.367 e. The normalized spacial score (nSPS) is 15.5. The molecule has 1 aliphatic heterocycles. The molecule has 30 heavy (non-hydrogen) atoms. The zero-order valence-electron chi connectivity index (χ0n) is 16.6. The van der Waals surface area contributed by atoms with E-state index in [4.69, 9.17) is 11.6 Å². The van der Waals surface area contributed by atoms with Gasteiger partial charge in [0.25, 0.3) is 5.78 Å². The number of anilines is 1. The zero-order valence-corrected chi connectivity index (χ0v) is 17.3. The van der Waals surface area contributed by atoms with Crippen molar-refractivity contribution >= 4 is 23.2 Å². The quantitative estimate of drug-likeness (QED) is 0.516. The maximum absolute atomic E-state index is 6.00. The predicted molar refractivity (Wildman–Crippen MR) is 120 cm³/mol. The third-order valence-electron chi connectivity index (χ3n) is 5.58. The van der Waals surface area contributed by atoms with Gasteiger partial charge in [0.05, 0.1) is 5.69 Å². The van der Waals surface area contributed by atoms with Crippen molar-refractivity contribution < 1.29 is 0 Å². The van der Waals surface area contributed by atoms with Gasteiger partial charge in [-0.3, -0.25) is 4.90 Å². The van der Waals surface area contributed by atoms with Crippen LogP contribution in [-0.2, 0) is 6.54 Å². The van der Waals surface area contributed by atoms with Crippen molar-refractivity contribution in [1.82, 2.24) is 24.5 Å². The van der Waals surface area contributed by atoms with E-state index in [2.05, 4.69) is 55.6 Å². The molecule has 0 amide bonds. The number of rotatable bonds is 5.